The Bertz CT molecular complexity index is 1100. The Morgan fingerprint density at radius 3 is 2.79 bits per heavy atom. The number of nitrogens with one attached hydrogen (secondary N) is 2. The number of ether oxygens (including phenoxy) is 1. The summed E-state index contributed by atoms with van der Waals surface area (Å²) in [5, 5.41) is 9.80. The standard InChI is InChI=1S/C19H14ClFN4O3/c1-10-17(18(20)25(24-10)13-5-2-11(21)3-6-13)19(27)22-12-4-7-15-14(8-12)23-16(26)9-28-15/h2-8H,9H2,1H3,(H,22,27)(H,23,26). The lowest BCUT2D eigenvalue weighted by Gasteiger charge is -2.18. The predicted octanol–water partition coefficient (Wildman–Crippen LogP) is 3.56. The number of amides is 2. The summed E-state index contributed by atoms with van der Waals surface area (Å²) in [7, 11) is 0. The second kappa shape index (κ2) is 6.97. The molecule has 0 fully saturated rings. The Morgan fingerprint density at radius 2 is 2.04 bits per heavy atom. The van der Waals surface area contributed by atoms with E-state index in [0.717, 1.165) is 0 Å². The number of hydrogen-bond donors (Lipinski definition) is 2. The SMILES string of the molecule is Cc1nn(-c2ccc(F)cc2)c(Cl)c1C(=O)Nc1ccc2c(c1)NC(=O)CO2. The van der Waals surface area contributed by atoms with Crippen LogP contribution >= 0.6 is 11.6 Å². The van der Waals surface area contributed by atoms with Crippen LogP contribution in [0.25, 0.3) is 5.69 Å². The first-order chi connectivity index (χ1) is 13.4. The quantitative estimate of drug-likeness (QED) is 0.704. The Labute approximate surface area is 164 Å². The fourth-order valence-corrected chi connectivity index (χ4v) is 3.22. The van der Waals surface area contributed by atoms with Crippen molar-refractivity contribution in [1.82, 2.24) is 9.78 Å². The minimum atomic E-state index is -0.459. The summed E-state index contributed by atoms with van der Waals surface area (Å²) in [5.74, 6) is -0.588. The fraction of sp³-hybridized carbons (Fsp3) is 0.105. The van der Waals surface area contributed by atoms with Crippen LogP contribution in [0.15, 0.2) is 42.5 Å². The molecule has 3 aromatic rings. The number of halogens is 2. The first-order valence-corrected chi connectivity index (χ1v) is 8.69. The predicted molar refractivity (Wildman–Crippen MR) is 102 cm³/mol. The topological polar surface area (TPSA) is 85.3 Å². The van der Waals surface area contributed by atoms with Crippen LogP contribution < -0.4 is 15.4 Å². The summed E-state index contributed by atoms with van der Waals surface area (Å²) in [6, 6.07) is 10.5. The van der Waals surface area contributed by atoms with E-state index < -0.39 is 5.91 Å². The van der Waals surface area contributed by atoms with Gasteiger partial charge in [-0.3, -0.25) is 9.59 Å². The summed E-state index contributed by atoms with van der Waals surface area (Å²) in [6.45, 7) is 1.61. The third kappa shape index (κ3) is 3.29. The van der Waals surface area contributed by atoms with Gasteiger partial charge < -0.3 is 15.4 Å². The van der Waals surface area contributed by atoms with Gasteiger partial charge in [-0.25, -0.2) is 9.07 Å². The molecule has 142 valence electrons. The van der Waals surface area contributed by atoms with Gasteiger partial charge in [-0.1, -0.05) is 11.6 Å². The molecule has 0 unspecified atom stereocenters. The van der Waals surface area contributed by atoms with Gasteiger partial charge >= 0.3 is 0 Å². The molecule has 0 bridgehead atoms. The molecule has 0 radical (unpaired) electrons. The number of aromatic nitrogens is 2. The van der Waals surface area contributed by atoms with Crippen molar-refractivity contribution in [1.29, 1.82) is 0 Å². The van der Waals surface area contributed by atoms with Crippen molar-refractivity contribution in [3.05, 3.63) is 64.7 Å². The molecule has 0 saturated heterocycles. The number of nitrogens with zero attached hydrogens (tertiary/aromatic N) is 2. The molecule has 0 saturated carbocycles. The van der Waals surface area contributed by atoms with Gasteiger partial charge in [-0.2, -0.15) is 5.10 Å². The zero-order valence-electron chi connectivity index (χ0n) is 14.6. The van der Waals surface area contributed by atoms with Gasteiger partial charge in [-0.15, -0.1) is 0 Å². The van der Waals surface area contributed by atoms with Crippen molar-refractivity contribution < 1.29 is 18.7 Å². The summed E-state index contributed by atoms with van der Waals surface area (Å²) in [5.41, 5.74) is 2.08. The van der Waals surface area contributed by atoms with Gasteiger partial charge in [0.1, 0.15) is 22.3 Å². The molecule has 1 aromatic heterocycles. The highest BCUT2D eigenvalue weighted by molar-refractivity contribution is 6.34. The number of anilines is 2. The molecule has 2 N–H and O–H groups in total. The highest BCUT2D eigenvalue weighted by atomic mass is 35.5. The van der Waals surface area contributed by atoms with Crippen LogP contribution in [0.4, 0.5) is 15.8 Å². The van der Waals surface area contributed by atoms with E-state index in [1.54, 1.807) is 25.1 Å². The second-order valence-electron chi connectivity index (χ2n) is 6.14. The average molecular weight is 401 g/mol. The number of carbonyl (C=O) groups is 2. The van der Waals surface area contributed by atoms with E-state index in [9.17, 15) is 14.0 Å². The monoisotopic (exact) mass is 400 g/mol. The van der Waals surface area contributed by atoms with Crippen LogP contribution in [-0.2, 0) is 4.79 Å². The molecule has 9 heteroatoms. The van der Waals surface area contributed by atoms with Crippen LogP contribution in [0.3, 0.4) is 0 Å². The van der Waals surface area contributed by atoms with E-state index in [1.165, 1.54) is 28.9 Å². The molecule has 0 spiro atoms. The molecule has 2 aromatic carbocycles. The lowest BCUT2D eigenvalue weighted by Crippen LogP contribution is -2.25. The van der Waals surface area contributed by atoms with Crippen molar-refractivity contribution in [3.63, 3.8) is 0 Å². The highest BCUT2D eigenvalue weighted by Gasteiger charge is 2.22. The normalized spacial score (nSPS) is 12.8. The second-order valence-corrected chi connectivity index (χ2v) is 6.50. The molecule has 28 heavy (non-hydrogen) atoms. The number of aryl methyl sites for hydroxylation is 1. The third-order valence-electron chi connectivity index (χ3n) is 4.17. The van der Waals surface area contributed by atoms with E-state index in [-0.39, 0.29) is 29.0 Å². The Morgan fingerprint density at radius 1 is 1.29 bits per heavy atom. The van der Waals surface area contributed by atoms with E-state index in [1.807, 2.05) is 0 Å². The molecule has 1 aliphatic heterocycles. The van der Waals surface area contributed by atoms with E-state index in [0.29, 0.717) is 28.5 Å². The van der Waals surface area contributed by atoms with Crippen molar-refractivity contribution in [2.45, 2.75) is 6.92 Å². The zero-order valence-corrected chi connectivity index (χ0v) is 15.4. The van der Waals surface area contributed by atoms with Crippen LogP contribution in [0.1, 0.15) is 16.1 Å². The first kappa shape index (κ1) is 18.0. The minimum Gasteiger partial charge on any atom is -0.482 e. The third-order valence-corrected chi connectivity index (χ3v) is 4.52. The summed E-state index contributed by atoms with van der Waals surface area (Å²) in [4.78, 5) is 24.2. The lowest BCUT2D eigenvalue weighted by molar-refractivity contribution is -0.118. The van der Waals surface area contributed by atoms with Crippen LogP contribution in [0, 0.1) is 12.7 Å². The fourth-order valence-electron chi connectivity index (χ4n) is 2.86. The number of rotatable bonds is 3. The number of benzene rings is 2. The van der Waals surface area contributed by atoms with Crippen molar-refractivity contribution >= 4 is 34.8 Å². The summed E-state index contributed by atoms with van der Waals surface area (Å²) >= 11 is 6.37. The van der Waals surface area contributed by atoms with Crippen molar-refractivity contribution in [2.24, 2.45) is 0 Å². The van der Waals surface area contributed by atoms with Gasteiger partial charge in [-0.05, 0) is 49.4 Å². The number of fused-ring (bicyclic) bond motifs is 1. The minimum absolute atomic E-state index is 0.0456. The maximum Gasteiger partial charge on any atom is 0.262 e. The Balaban J connectivity index is 1.61. The Kier molecular flexibility index (Phi) is 4.48. The van der Waals surface area contributed by atoms with E-state index in [4.69, 9.17) is 16.3 Å². The molecule has 4 rings (SSSR count). The highest BCUT2D eigenvalue weighted by Crippen LogP contribution is 2.31. The van der Waals surface area contributed by atoms with Crippen molar-refractivity contribution in [3.8, 4) is 11.4 Å². The zero-order chi connectivity index (χ0) is 19.8. The van der Waals surface area contributed by atoms with Crippen molar-refractivity contribution in [2.75, 3.05) is 17.2 Å². The van der Waals surface area contributed by atoms with E-state index >= 15 is 0 Å². The Hall–Kier alpha value is -3.39. The average Bonchev–Trinajstić information content (AvgIpc) is 2.96. The lowest BCUT2D eigenvalue weighted by atomic mass is 10.2. The summed E-state index contributed by atoms with van der Waals surface area (Å²) < 4.78 is 19.8. The van der Waals surface area contributed by atoms with Gasteiger partial charge in [0.05, 0.1) is 17.1 Å². The largest absolute Gasteiger partial charge is 0.482 e. The number of carbonyl (C=O) groups excluding carboxylic acids is 2. The summed E-state index contributed by atoms with van der Waals surface area (Å²) in [6.07, 6.45) is 0. The van der Waals surface area contributed by atoms with Gasteiger partial charge in [0.2, 0.25) is 0 Å². The maximum absolute atomic E-state index is 13.1. The molecule has 0 atom stereocenters. The van der Waals surface area contributed by atoms with Crippen LogP contribution in [-0.4, -0.2) is 28.2 Å². The molecular weight excluding hydrogens is 387 g/mol. The molecule has 7 nitrogen and oxygen atoms in total. The first-order valence-electron chi connectivity index (χ1n) is 8.31. The van der Waals surface area contributed by atoms with Crippen LogP contribution in [0.2, 0.25) is 5.15 Å². The number of hydrogen-bond acceptors (Lipinski definition) is 4. The van der Waals surface area contributed by atoms with E-state index in [2.05, 4.69) is 15.7 Å². The maximum atomic E-state index is 13.1. The molecule has 1 aliphatic rings. The molecule has 2 amide bonds. The van der Waals surface area contributed by atoms with Gasteiger partial charge in [0, 0.05) is 5.69 Å². The smallest absolute Gasteiger partial charge is 0.262 e. The molecule has 2 heterocycles. The molecular formula is C19H14ClFN4O3. The molecule has 0 aliphatic carbocycles. The van der Waals surface area contributed by atoms with Gasteiger partial charge in [0.15, 0.2) is 6.61 Å². The van der Waals surface area contributed by atoms with Crippen LogP contribution in [0.5, 0.6) is 5.75 Å². The van der Waals surface area contributed by atoms with Gasteiger partial charge in [0.25, 0.3) is 11.8 Å².